The van der Waals surface area contributed by atoms with Crippen LogP contribution in [0.3, 0.4) is 0 Å². The molecule has 10 aromatic rings. The molecular formula is C51H31NO. The first-order valence-corrected chi connectivity index (χ1v) is 18.4. The summed E-state index contributed by atoms with van der Waals surface area (Å²) in [7, 11) is 0. The molecule has 9 aromatic carbocycles. The molecule has 1 aromatic heterocycles. The van der Waals surface area contributed by atoms with Crippen molar-refractivity contribution >= 4 is 60.5 Å². The van der Waals surface area contributed by atoms with Crippen molar-refractivity contribution in [3.05, 3.63) is 210 Å². The molecule has 0 radical (unpaired) electrons. The Labute approximate surface area is 306 Å². The van der Waals surface area contributed by atoms with Gasteiger partial charge in [-0.25, -0.2) is 0 Å². The van der Waals surface area contributed by atoms with Crippen LogP contribution in [0.5, 0.6) is 0 Å². The zero-order valence-corrected chi connectivity index (χ0v) is 28.8. The lowest BCUT2D eigenvalue weighted by Crippen LogP contribution is -2.26. The Balaban J connectivity index is 1.16. The van der Waals surface area contributed by atoms with Gasteiger partial charge in [0.25, 0.3) is 0 Å². The van der Waals surface area contributed by atoms with Crippen LogP contribution in [0, 0.1) is 0 Å². The zero-order valence-electron chi connectivity index (χ0n) is 28.8. The Kier molecular flexibility index (Phi) is 5.73. The molecule has 1 spiro atoms. The predicted molar refractivity (Wildman–Crippen MR) is 220 cm³/mol. The number of rotatable bonds is 3. The van der Waals surface area contributed by atoms with Crippen LogP contribution in [0.4, 0.5) is 17.1 Å². The first-order valence-electron chi connectivity index (χ1n) is 18.4. The van der Waals surface area contributed by atoms with Crippen molar-refractivity contribution in [1.29, 1.82) is 0 Å². The van der Waals surface area contributed by atoms with Crippen LogP contribution in [-0.4, -0.2) is 0 Å². The van der Waals surface area contributed by atoms with Gasteiger partial charge in [-0.2, -0.15) is 0 Å². The van der Waals surface area contributed by atoms with E-state index in [-0.39, 0.29) is 0 Å². The van der Waals surface area contributed by atoms with Crippen LogP contribution in [0.2, 0.25) is 0 Å². The molecule has 0 unspecified atom stereocenters. The Bertz CT molecular complexity index is 3090. The highest BCUT2D eigenvalue weighted by Crippen LogP contribution is 2.65. The predicted octanol–water partition coefficient (Wildman–Crippen LogP) is 13.7. The van der Waals surface area contributed by atoms with Crippen LogP contribution >= 0.6 is 0 Å². The van der Waals surface area contributed by atoms with E-state index < -0.39 is 5.41 Å². The van der Waals surface area contributed by atoms with Crippen molar-refractivity contribution < 1.29 is 4.42 Å². The van der Waals surface area contributed by atoms with Gasteiger partial charge in [0.05, 0.1) is 11.1 Å². The standard InChI is InChI=1S/C51H31NO/c1-2-14-34(15-3-1)52(46-23-12-20-41-40-19-8-11-24-47(40)53-50(41)46)35-27-29-37-33(31-35)25-28-42-48-36-16-5-4-13-32(36)26-30-45(48)51(49(37)42)43-21-9-6-17-38(43)39-18-7-10-22-44(39)51/h1-31H. The minimum Gasteiger partial charge on any atom is -0.454 e. The van der Waals surface area contributed by atoms with E-state index in [1.54, 1.807) is 0 Å². The van der Waals surface area contributed by atoms with Crippen LogP contribution in [0.25, 0.3) is 65.7 Å². The fourth-order valence-corrected chi connectivity index (χ4v) is 9.78. The molecule has 1 heterocycles. The lowest BCUT2D eigenvalue weighted by atomic mass is 9.69. The molecule has 2 aliphatic carbocycles. The van der Waals surface area contributed by atoms with Gasteiger partial charge in [-0.05, 0) is 102 Å². The normalized spacial score (nSPS) is 13.4. The molecule has 0 bridgehead atoms. The van der Waals surface area contributed by atoms with Gasteiger partial charge in [-0.15, -0.1) is 0 Å². The number of para-hydroxylation sites is 3. The summed E-state index contributed by atoms with van der Waals surface area (Å²) < 4.78 is 6.61. The maximum absolute atomic E-state index is 6.61. The van der Waals surface area contributed by atoms with Crippen molar-refractivity contribution in [3.8, 4) is 22.3 Å². The van der Waals surface area contributed by atoms with Crippen molar-refractivity contribution in [2.24, 2.45) is 0 Å². The summed E-state index contributed by atoms with van der Waals surface area (Å²) in [6, 6.07) is 68.9. The van der Waals surface area contributed by atoms with Gasteiger partial charge in [0.1, 0.15) is 5.58 Å². The van der Waals surface area contributed by atoms with E-state index in [4.69, 9.17) is 4.42 Å². The summed E-state index contributed by atoms with van der Waals surface area (Å²) in [6.45, 7) is 0. The SMILES string of the molecule is c1ccc(N(c2ccc3c4c(ccc3c2)-c2c(ccc3ccccc23)C42c3ccccc3-c3ccccc32)c2cccc3c2oc2ccccc23)cc1. The molecular weight excluding hydrogens is 643 g/mol. The second-order valence-corrected chi connectivity index (χ2v) is 14.4. The second-order valence-electron chi connectivity index (χ2n) is 14.4. The van der Waals surface area contributed by atoms with E-state index in [1.807, 2.05) is 6.07 Å². The molecule has 53 heavy (non-hydrogen) atoms. The number of benzene rings is 9. The number of hydrogen-bond acceptors (Lipinski definition) is 2. The van der Waals surface area contributed by atoms with Gasteiger partial charge in [0.15, 0.2) is 5.58 Å². The summed E-state index contributed by atoms with van der Waals surface area (Å²) in [5.41, 5.74) is 15.3. The largest absolute Gasteiger partial charge is 0.454 e. The highest BCUT2D eigenvalue weighted by Gasteiger charge is 2.52. The maximum atomic E-state index is 6.61. The summed E-state index contributed by atoms with van der Waals surface area (Å²) >= 11 is 0. The number of nitrogens with zero attached hydrogens (tertiary/aromatic N) is 1. The summed E-state index contributed by atoms with van der Waals surface area (Å²) in [5.74, 6) is 0. The molecule has 0 N–H and O–H groups in total. The molecule has 2 heteroatoms. The van der Waals surface area contributed by atoms with Crippen LogP contribution in [0.15, 0.2) is 192 Å². The first kappa shape index (κ1) is 28.8. The van der Waals surface area contributed by atoms with Crippen molar-refractivity contribution in [2.45, 2.75) is 5.41 Å². The van der Waals surface area contributed by atoms with Gasteiger partial charge >= 0.3 is 0 Å². The molecule has 2 aliphatic rings. The highest BCUT2D eigenvalue weighted by atomic mass is 16.3. The average molecular weight is 674 g/mol. The molecule has 12 rings (SSSR count). The third-order valence-electron chi connectivity index (χ3n) is 11.8. The lowest BCUT2D eigenvalue weighted by Gasteiger charge is -2.32. The summed E-state index contributed by atoms with van der Waals surface area (Å²) in [6.07, 6.45) is 0. The summed E-state index contributed by atoms with van der Waals surface area (Å²) in [4.78, 5) is 2.34. The number of hydrogen-bond donors (Lipinski definition) is 0. The fraction of sp³-hybridized carbons (Fsp3) is 0.0196. The minimum absolute atomic E-state index is 0.443. The minimum atomic E-state index is -0.443. The quantitative estimate of drug-likeness (QED) is 0.186. The molecule has 0 fully saturated rings. The number of fused-ring (bicyclic) bond motifs is 17. The van der Waals surface area contributed by atoms with E-state index >= 15 is 0 Å². The Morgan fingerprint density at radius 3 is 1.91 bits per heavy atom. The number of furan rings is 1. The van der Waals surface area contributed by atoms with E-state index in [0.29, 0.717) is 0 Å². The number of anilines is 3. The lowest BCUT2D eigenvalue weighted by molar-refractivity contribution is 0.669. The Hall–Kier alpha value is -6.90. The third-order valence-corrected chi connectivity index (χ3v) is 11.8. The van der Waals surface area contributed by atoms with Gasteiger partial charge in [-0.3, -0.25) is 0 Å². The van der Waals surface area contributed by atoms with Crippen LogP contribution in [-0.2, 0) is 5.41 Å². The van der Waals surface area contributed by atoms with Crippen molar-refractivity contribution in [2.75, 3.05) is 4.90 Å². The van der Waals surface area contributed by atoms with E-state index in [1.165, 1.54) is 66.1 Å². The molecule has 0 aliphatic heterocycles. The van der Waals surface area contributed by atoms with E-state index in [9.17, 15) is 0 Å². The van der Waals surface area contributed by atoms with Crippen molar-refractivity contribution in [3.63, 3.8) is 0 Å². The smallest absolute Gasteiger partial charge is 0.159 e. The molecule has 0 saturated carbocycles. The highest BCUT2D eigenvalue weighted by molar-refractivity contribution is 6.13. The van der Waals surface area contributed by atoms with Gasteiger partial charge in [-0.1, -0.05) is 152 Å². The Morgan fingerprint density at radius 1 is 0.396 bits per heavy atom. The fourth-order valence-electron chi connectivity index (χ4n) is 9.78. The van der Waals surface area contributed by atoms with Gasteiger partial charge in [0.2, 0.25) is 0 Å². The molecule has 0 amide bonds. The first-order chi connectivity index (χ1) is 26.3. The maximum Gasteiger partial charge on any atom is 0.159 e. The monoisotopic (exact) mass is 673 g/mol. The van der Waals surface area contributed by atoms with Gasteiger partial charge < -0.3 is 9.32 Å². The molecule has 2 nitrogen and oxygen atoms in total. The zero-order chi connectivity index (χ0) is 34.7. The summed E-state index contributed by atoms with van der Waals surface area (Å²) in [5, 5.41) is 7.28. The topological polar surface area (TPSA) is 16.4 Å². The second kappa shape index (κ2) is 10.6. The van der Waals surface area contributed by atoms with E-state index in [2.05, 4.69) is 187 Å². The third kappa shape index (κ3) is 3.72. The Morgan fingerprint density at radius 2 is 1.08 bits per heavy atom. The molecule has 246 valence electrons. The average Bonchev–Trinajstić information content (AvgIpc) is 3.86. The molecule has 0 saturated heterocycles. The van der Waals surface area contributed by atoms with E-state index in [0.717, 1.165) is 39.0 Å². The van der Waals surface area contributed by atoms with Crippen molar-refractivity contribution in [1.82, 2.24) is 0 Å². The van der Waals surface area contributed by atoms with Crippen LogP contribution < -0.4 is 4.90 Å². The van der Waals surface area contributed by atoms with Gasteiger partial charge in [0, 0.05) is 22.1 Å². The van der Waals surface area contributed by atoms with Crippen LogP contribution in [0.1, 0.15) is 22.3 Å². The molecule has 0 atom stereocenters.